The largest absolute Gasteiger partial charge is 0.365 e. The van der Waals surface area contributed by atoms with E-state index in [0.717, 1.165) is 20.9 Å². The van der Waals surface area contributed by atoms with Crippen molar-refractivity contribution in [2.45, 2.75) is 27.7 Å². The topological polar surface area (TPSA) is 144 Å². The monoisotopic (exact) mass is 470 g/mol. The Morgan fingerprint density at radius 2 is 0.969 bits per heavy atom. The Morgan fingerprint density at radius 1 is 0.656 bits per heavy atom. The third kappa shape index (κ3) is 4.41. The average Bonchev–Trinajstić information content (AvgIpc) is 3.16. The molecule has 0 saturated carbocycles. The van der Waals surface area contributed by atoms with E-state index >= 15 is 0 Å². The standard InChI is InChI=1S/C22H22N4O4S2/c1-9-11(3)31-21(15(9)17(23)27)25-19(29)13-5-7-14(8-6-13)20(30)26-22-16(18(24)28)10(2)12(4)32-22/h5-8H,1-4H3,(H2,23,27)(H2,24,28)(H,25,29)(H,26,30). The predicted octanol–water partition coefficient (Wildman–Crippen LogP) is 3.75. The minimum Gasteiger partial charge on any atom is -0.365 e. The van der Waals surface area contributed by atoms with E-state index in [4.69, 9.17) is 11.5 Å². The van der Waals surface area contributed by atoms with Gasteiger partial charge < -0.3 is 22.1 Å². The highest BCUT2D eigenvalue weighted by atomic mass is 32.1. The summed E-state index contributed by atoms with van der Waals surface area (Å²) >= 11 is 2.55. The van der Waals surface area contributed by atoms with Gasteiger partial charge in [0.05, 0.1) is 11.1 Å². The average molecular weight is 471 g/mol. The van der Waals surface area contributed by atoms with E-state index in [0.29, 0.717) is 32.3 Å². The number of rotatable bonds is 6. The highest BCUT2D eigenvalue weighted by Gasteiger charge is 2.21. The third-order valence-corrected chi connectivity index (χ3v) is 7.37. The Balaban J connectivity index is 1.77. The zero-order valence-corrected chi connectivity index (χ0v) is 19.5. The number of hydrogen-bond donors (Lipinski definition) is 4. The Bertz CT molecular complexity index is 1160. The molecule has 8 nitrogen and oxygen atoms in total. The Hall–Kier alpha value is -3.50. The van der Waals surface area contributed by atoms with Gasteiger partial charge in [0, 0.05) is 20.9 Å². The number of anilines is 2. The number of nitrogens with one attached hydrogen (secondary N) is 2. The van der Waals surface area contributed by atoms with E-state index in [1.165, 1.54) is 46.9 Å². The van der Waals surface area contributed by atoms with Crippen molar-refractivity contribution < 1.29 is 19.2 Å². The predicted molar refractivity (Wildman–Crippen MR) is 127 cm³/mol. The number of nitrogens with two attached hydrogens (primary N) is 2. The summed E-state index contributed by atoms with van der Waals surface area (Å²) in [5, 5.41) is 6.21. The number of thiophene rings is 2. The molecule has 0 saturated heterocycles. The molecule has 2 aromatic heterocycles. The van der Waals surface area contributed by atoms with Gasteiger partial charge in [0.15, 0.2) is 0 Å². The summed E-state index contributed by atoms with van der Waals surface area (Å²) in [4.78, 5) is 50.5. The van der Waals surface area contributed by atoms with Crippen molar-refractivity contribution in [1.29, 1.82) is 0 Å². The first-order chi connectivity index (χ1) is 15.0. The van der Waals surface area contributed by atoms with Gasteiger partial charge in [0.2, 0.25) is 0 Å². The first-order valence-electron chi connectivity index (χ1n) is 9.53. The summed E-state index contributed by atoms with van der Waals surface area (Å²) < 4.78 is 0. The second kappa shape index (κ2) is 8.93. The lowest BCUT2D eigenvalue weighted by atomic mass is 10.1. The Kier molecular flexibility index (Phi) is 6.47. The van der Waals surface area contributed by atoms with Gasteiger partial charge in [-0.15, -0.1) is 22.7 Å². The number of hydrogen-bond acceptors (Lipinski definition) is 6. The van der Waals surface area contributed by atoms with Crippen LogP contribution in [0.15, 0.2) is 24.3 Å². The Morgan fingerprint density at radius 3 is 1.25 bits per heavy atom. The zero-order chi connectivity index (χ0) is 23.7. The molecule has 166 valence electrons. The van der Waals surface area contributed by atoms with Crippen LogP contribution in [-0.2, 0) is 0 Å². The van der Waals surface area contributed by atoms with Crippen LogP contribution < -0.4 is 22.1 Å². The number of primary amides is 2. The fourth-order valence-corrected chi connectivity index (χ4v) is 5.27. The summed E-state index contributed by atoms with van der Waals surface area (Å²) in [7, 11) is 0. The first-order valence-corrected chi connectivity index (χ1v) is 11.2. The molecule has 0 fully saturated rings. The van der Waals surface area contributed by atoms with Crippen LogP contribution in [0.5, 0.6) is 0 Å². The van der Waals surface area contributed by atoms with E-state index in [1.54, 1.807) is 13.8 Å². The lowest BCUT2D eigenvalue weighted by molar-refractivity contribution is 0.0989. The van der Waals surface area contributed by atoms with E-state index < -0.39 is 23.6 Å². The Labute approximate surface area is 192 Å². The van der Waals surface area contributed by atoms with Crippen LogP contribution in [-0.4, -0.2) is 23.6 Å². The van der Waals surface area contributed by atoms with Gasteiger partial charge in [0.1, 0.15) is 10.0 Å². The van der Waals surface area contributed by atoms with E-state index in [9.17, 15) is 19.2 Å². The fraction of sp³-hybridized carbons (Fsp3) is 0.182. The highest BCUT2D eigenvalue weighted by molar-refractivity contribution is 7.17. The fourth-order valence-electron chi connectivity index (χ4n) is 3.15. The van der Waals surface area contributed by atoms with Gasteiger partial charge in [0.25, 0.3) is 23.6 Å². The van der Waals surface area contributed by atoms with Gasteiger partial charge in [-0.1, -0.05) is 0 Å². The van der Waals surface area contributed by atoms with Crippen LogP contribution in [0.25, 0.3) is 0 Å². The number of benzene rings is 1. The summed E-state index contributed by atoms with van der Waals surface area (Å²) in [6, 6.07) is 6.01. The molecule has 0 aliphatic carbocycles. The lowest BCUT2D eigenvalue weighted by Gasteiger charge is -2.08. The second-order valence-electron chi connectivity index (χ2n) is 7.19. The van der Waals surface area contributed by atoms with Crippen LogP contribution >= 0.6 is 22.7 Å². The first kappa shape index (κ1) is 23.2. The van der Waals surface area contributed by atoms with E-state index in [1.807, 2.05) is 13.8 Å². The normalized spacial score (nSPS) is 10.6. The molecule has 0 radical (unpaired) electrons. The van der Waals surface area contributed by atoms with Crippen LogP contribution in [0.4, 0.5) is 10.0 Å². The minimum absolute atomic E-state index is 0.295. The van der Waals surface area contributed by atoms with Crippen molar-refractivity contribution in [3.63, 3.8) is 0 Å². The number of carbonyl (C=O) groups is 4. The maximum Gasteiger partial charge on any atom is 0.256 e. The SMILES string of the molecule is Cc1sc(NC(=O)c2ccc(C(=O)Nc3sc(C)c(C)c3C(N)=O)cc2)c(C(N)=O)c1C. The lowest BCUT2D eigenvalue weighted by Crippen LogP contribution is -2.18. The molecule has 10 heteroatoms. The number of amides is 4. The van der Waals surface area contributed by atoms with Gasteiger partial charge in [-0.25, -0.2) is 0 Å². The molecule has 2 heterocycles. The van der Waals surface area contributed by atoms with Crippen LogP contribution in [0.1, 0.15) is 62.3 Å². The van der Waals surface area contributed by atoms with Gasteiger partial charge in [-0.3, -0.25) is 19.2 Å². The molecule has 32 heavy (non-hydrogen) atoms. The maximum absolute atomic E-state index is 12.6. The molecule has 0 bridgehead atoms. The molecule has 0 aliphatic rings. The van der Waals surface area contributed by atoms with Crippen LogP contribution in [0.3, 0.4) is 0 Å². The molecule has 6 N–H and O–H groups in total. The molecule has 4 amide bonds. The molecule has 0 spiro atoms. The number of aryl methyl sites for hydroxylation is 2. The van der Waals surface area contributed by atoms with Gasteiger partial charge in [-0.2, -0.15) is 0 Å². The van der Waals surface area contributed by atoms with Crippen molar-refractivity contribution in [3.8, 4) is 0 Å². The van der Waals surface area contributed by atoms with Gasteiger partial charge in [-0.05, 0) is 63.1 Å². The summed E-state index contributed by atoms with van der Waals surface area (Å²) in [6.45, 7) is 7.23. The van der Waals surface area contributed by atoms with Crippen molar-refractivity contribution >= 4 is 56.3 Å². The molecular weight excluding hydrogens is 448 g/mol. The van der Waals surface area contributed by atoms with Crippen LogP contribution in [0.2, 0.25) is 0 Å². The third-order valence-electron chi connectivity index (χ3n) is 5.13. The van der Waals surface area contributed by atoms with Crippen molar-refractivity contribution in [2.24, 2.45) is 11.5 Å². The molecule has 0 unspecified atom stereocenters. The molecule has 3 rings (SSSR count). The quantitative estimate of drug-likeness (QED) is 0.435. The minimum atomic E-state index is -0.608. The summed E-state index contributed by atoms with van der Waals surface area (Å²) in [5.41, 5.74) is 13.6. The molecule has 0 atom stereocenters. The van der Waals surface area contributed by atoms with Gasteiger partial charge >= 0.3 is 0 Å². The number of carbonyl (C=O) groups excluding carboxylic acids is 4. The second-order valence-corrected chi connectivity index (χ2v) is 9.64. The van der Waals surface area contributed by atoms with Crippen molar-refractivity contribution in [1.82, 2.24) is 0 Å². The molecular formula is C22H22N4O4S2. The molecule has 1 aromatic carbocycles. The smallest absolute Gasteiger partial charge is 0.256 e. The molecule has 3 aromatic rings. The van der Waals surface area contributed by atoms with Crippen molar-refractivity contribution in [3.05, 3.63) is 67.4 Å². The van der Waals surface area contributed by atoms with E-state index in [2.05, 4.69) is 10.6 Å². The highest BCUT2D eigenvalue weighted by Crippen LogP contribution is 2.33. The summed E-state index contributed by atoms with van der Waals surface area (Å²) in [6.07, 6.45) is 0. The molecule has 0 aliphatic heterocycles. The van der Waals surface area contributed by atoms with Crippen LogP contribution in [0, 0.1) is 27.7 Å². The van der Waals surface area contributed by atoms with E-state index in [-0.39, 0.29) is 0 Å². The van der Waals surface area contributed by atoms with Crippen molar-refractivity contribution in [2.75, 3.05) is 10.6 Å². The maximum atomic E-state index is 12.6. The zero-order valence-electron chi connectivity index (χ0n) is 17.9. The summed E-state index contributed by atoms with van der Waals surface area (Å²) in [5.74, 6) is -2.07.